The second kappa shape index (κ2) is 10.4. The van der Waals surface area contributed by atoms with Crippen molar-refractivity contribution in [2.75, 3.05) is 13.7 Å². The van der Waals surface area contributed by atoms with Crippen molar-refractivity contribution in [2.24, 2.45) is 5.73 Å². The van der Waals surface area contributed by atoms with E-state index < -0.39 is 17.9 Å². The number of nitrogens with one attached hydrogen (secondary N) is 1. The summed E-state index contributed by atoms with van der Waals surface area (Å²) in [5, 5.41) is 9.54. The van der Waals surface area contributed by atoms with Crippen LogP contribution < -0.4 is 25.5 Å². The number of pyridine rings is 1. The molecular formula is C22H22FN3O6. The number of carbonyl (C=O) groups is 2. The summed E-state index contributed by atoms with van der Waals surface area (Å²) in [6, 6.07) is 10.7. The summed E-state index contributed by atoms with van der Waals surface area (Å²) in [7, 11) is 1.49. The maximum atomic E-state index is 12.1. The number of methoxy groups -OCH3 is 1. The Morgan fingerprint density at radius 3 is 2.56 bits per heavy atom. The molecular weight excluding hydrogens is 421 g/mol. The number of hydrogen-bond donors (Lipinski definition) is 3. The fourth-order valence-electron chi connectivity index (χ4n) is 2.93. The Hall–Kier alpha value is -3.92. The number of aliphatic carboxylic acids is 1. The van der Waals surface area contributed by atoms with Crippen molar-refractivity contribution >= 4 is 22.8 Å². The lowest BCUT2D eigenvalue weighted by Crippen LogP contribution is -2.31. The van der Waals surface area contributed by atoms with Gasteiger partial charge >= 0.3 is 5.97 Å². The van der Waals surface area contributed by atoms with Crippen LogP contribution in [0.2, 0.25) is 0 Å². The second-order valence-corrected chi connectivity index (χ2v) is 6.85. The van der Waals surface area contributed by atoms with Gasteiger partial charge in [0, 0.05) is 24.1 Å². The number of rotatable bonds is 10. The fraction of sp³-hybridized carbons (Fsp3) is 0.227. The zero-order valence-corrected chi connectivity index (χ0v) is 17.2. The number of amides is 1. The zero-order valence-electron chi connectivity index (χ0n) is 17.2. The Bertz CT molecular complexity index is 1110. The van der Waals surface area contributed by atoms with E-state index in [2.05, 4.69) is 4.98 Å². The van der Waals surface area contributed by atoms with Gasteiger partial charge in [0.2, 0.25) is 0 Å². The molecule has 0 spiro atoms. The highest BCUT2D eigenvalue weighted by Crippen LogP contribution is 2.37. The van der Waals surface area contributed by atoms with Gasteiger partial charge < -0.3 is 25.1 Å². The number of nitrogens with two attached hydrogens (primary N) is 1. The number of benzene rings is 2. The van der Waals surface area contributed by atoms with Crippen LogP contribution in [0.4, 0.5) is 4.48 Å². The molecule has 0 radical (unpaired) electrons. The quantitative estimate of drug-likeness (QED) is 0.408. The van der Waals surface area contributed by atoms with Crippen molar-refractivity contribution in [3.05, 3.63) is 54.2 Å². The molecule has 0 saturated heterocycles. The molecule has 3 rings (SSSR count). The molecule has 0 aliphatic heterocycles. The van der Waals surface area contributed by atoms with Gasteiger partial charge in [-0.05, 0) is 29.8 Å². The summed E-state index contributed by atoms with van der Waals surface area (Å²) in [6.45, 7) is 0.0955. The summed E-state index contributed by atoms with van der Waals surface area (Å²) in [4.78, 5) is 26.3. The maximum absolute atomic E-state index is 12.1. The lowest BCUT2D eigenvalue weighted by molar-refractivity contribution is -0.138. The zero-order chi connectivity index (χ0) is 23.1. The first-order valence-corrected chi connectivity index (χ1v) is 9.65. The van der Waals surface area contributed by atoms with E-state index in [4.69, 9.17) is 25.1 Å². The molecule has 0 saturated carbocycles. The normalized spacial score (nSPS) is 11.6. The van der Waals surface area contributed by atoms with Crippen LogP contribution >= 0.6 is 0 Å². The van der Waals surface area contributed by atoms with Crippen LogP contribution in [-0.2, 0) is 16.0 Å². The van der Waals surface area contributed by atoms with E-state index in [-0.39, 0.29) is 19.4 Å². The minimum Gasteiger partial charge on any atom is -0.493 e. The van der Waals surface area contributed by atoms with Crippen molar-refractivity contribution in [1.82, 2.24) is 10.5 Å². The number of halogens is 1. The summed E-state index contributed by atoms with van der Waals surface area (Å²) >= 11 is 0. The monoisotopic (exact) mass is 443 g/mol. The SMILES string of the molecule is COc1cc2c(Oc3ccc(CC(=O)NF)cc3)ccnc2cc1OCC[C@H](N)C(=O)O. The first-order chi connectivity index (χ1) is 15.4. The molecule has 2 aromatic carbocycles. The molecule has 0 unspecified atom stereocenters. The largest absolute Gasteiger partial charge is 0.493 e. The highest BCUT2D eigenvalue weighted by molar-refractivity contribution is 5.88. The van der Waals surface area contributed by atoms with Crippen LogP contribution in [0.1, 0.15) is 12.0 Å². The Balaban J connectivity index is 1.80. The molecule has 1 aromatic heterocycles. The average molecular weight is 443 g/mol. The molecule has 4 N–H and O–H groups in total. The molecule has 0 fully saturated rings. The third-order valence-corrected chi connectivity index (χ3v) is 4.61. The molecule has 9 nitrogen and oxygen atoms in total. The van der Waals surface area contributed by atoms with Crippen LogP contribution in [0, 0.1) is 0 Å². The molecule has 1 heterocycles. The summed E-state index contributed by atoms with van der Waals surface area (Å²) in [5.74, 6) is 0.0329. The average Bonchev–Trinajstić information content (AvgIpc) is 2.79. The number of fused-ring (bicyclic) bond motifs is 1. The molecule has 0 aliphatic rings. The molecule has 0 aliphatic carbocycles. The maximum Gasteiger partial charge on any atom is 0.320 e. The van der Waals surface area contributed by atoms with Gasteiger partial charge in [0.05, 0.1) is 25.7 Å². The van der Waals surface area contributed by atoms with Crippen molar-refractivity contribution in [2.45, 2.75) is 18.9 Å². The molecule has 0 bridgehead atoms. The minimum atomic E-state index is -1.10. The van der Waals surface area contributed by atoms with E-state index in [1.54, 1.807) is 48.7 Å². The molecule has 1 atom stereocenters. The number of ether oxygens (including phenoxy) is 3. The third kappa shape index (κ3) is 5.61. The molecule has 1 amide bonds. The highest BCUT2D eigenvalue weighted by atomic mass is 19.2. The van der Waals surface area contributed by atoms with E-state index in [1.807, 2.05) is 0 Å². The standard InChI is InChI=1S/C22H22FN3O6/c1-30-19-11-15-17(12-20(19)31-9-7-16(24)22(28)29)25-8-6-18(15)32-14-4-2-13(3-5-14)10-21(27)26-23/h2-6,8,11-12,16H,7,9-10,24H2,1H3,(H,26,27)(H,28,29)/t16-/m0/s1. The van der Waals surface area contributed by atoms with Gasteiger partial charge in [-0.1, -0.05) is 12.1 Å². The van der Waals surface area contributed by atoms with Gasteiger partial charge in [-0.25, -0.2) is 0 Å². The molecule has 168 valence electrons. The van der Waals surface area contributed by atoms with Crippen LogP contribution in [-0.4, -0.2) is 41.7 Å². The number of hydrogen-bond acceptors (Lipinski definition) is 7. The van der Waals surface area contributed by atoms with E-state index in [0.29, 0.717) is 39.5 Å². The van der Waals surface area contributed by atoms with Gasteiger partial charge in [-0.3, -0.25) is 14.6 Å². The summed E-state index contributed by atoms with van der Waals surface area (Å²) in [6.07, 6.45) is 1.64. The predicted molar refractivity (Wildman–Crippen MR) is 113 cm³/mol. The topological polar surface area (TPSA) is 133 Å². The lowest BCUT2D eigenvalue weighted by Gasteiger charge is -2.14. The summed E-state index contributed by atoms with van der Waals surface area (Å²) < 4.78 is 29.2. The first-order valence-electron chi connectivity index (χ1n) is 9.65. The third-order valence-electron chi connectivity index (χ3n) is 4.61. The van der Waals surface area contributed by atoms with E-state index in [0.717, 1.165) is 5.54 Å². The molecule has 3 aromatic rings. The second-order valence-electron chi connectivity index (χ2n) is 6.85. The lowest BCUT2D eigenvalue weighted by atomic mass is 10.1. The van der Waals surface area contributed by atoms with Crippen molar-refractivity contribution in [1.29, 1.82) is 0 Å². The minimum absolute atomic E-state index is 0.0771. The van der Waals surface area contributed by atoms with Crippen LogP contribution in [0.3, 0.4) is 0 Å². The van der Waals surface area contributed by atoms with Crippen molar-refractivity contribution in [3.63, 3.8) is 0 Å². The molecule has 10 heteroatoms. The Morgan fingerprint density at radius 2 is 1.91 bits per heavy atom. The predicted octanol–water partition coefficient (Wildman–Crippen LogP) is 2.76. The van der Waals surface area contributed by atoms with Crippen molar-refractivity contribution in [3.8, 4) is 23.0 Å². The summed E-state index contributed by atoms with van der Waals surface area (Å²) in [5.41, 5.74) is 7.81. The molecule has 32 heavy (non-hydrogen) atoms. The van der Waals surface area contributed by atoms with Crippen molar-refractivity contribution < 1.29 is 33.4 Å². The van der Waals surface area contributed by atoms with Crippen LogP contribution in [0.15, 0.2) is 48.7 Å². The number of aromatic nitrogens is 1. The van der Waals surface area contributed by atoms with E-state index >= 15 is 0 Å². The Kier molecular flexibility index (Phi) is 7.40. The van der Waals surface area contributed by atoms with Gasteiger partial charge in [0.25, 0.3) is 5.91 Å². The van der Waals surface area contributed by atoms with Gasteiger partial charge in [-0.15, -0.1) is 4.48 Å². The number of nitrogens with zero attached hydrogens (tertiary/aromatic N) is 1. The number of carboxylic acids is 1. The van der Waals surface area contributed by atoms with Gasteiger partial charge in [-0.2, -0.15) is 5.54 Å². The Labute approximate surface area is 182 Å². The van der Waals surface area contributed by atoms with Gasteiger partial charge in [0.1, 0.15) is 17.5 Å². The van der Waals surface area contributed by atoms with Crippen LogP contribution in [0.25, 0.3) is 10.9 Å². The number of carbonyl (C=O) groups excluding carboxylic acids is 1. The number of carboxylic acid groups (broad SMARTS) is 1. The van der Waals surface area contributed by atoms with E-state index in [1.165, 1.54) is 7.11 Å². The first kappa shape index (κ1) is 22.8. The van der Waals surface area contributed by atoms with Crippen LogP contribution in [0.5, 0.6) is 23.0 Å². The smallest absolute Gasteiger partial charge is 0.320 e. The fourth-order valence-corrected chi connectivity index (χ4v) is 2.93. The van der Waals surface area contributed by atoms with Gasteiger partial charge in [0.15, 0.2) is 11.5 Å². The highest BCUT2D eigenvalue weighted by Gasteiger charge is 2.15. The Morgan fingerprint density at radius 1 is 1.16 bits per heavy atom. The van der Waals surface area contributed by atoms with E-state index in [9.17, 15) is 14.1 Å².